The van der Waals surface area contributed by atoms with Gasteiger partial charge < -0.3 is 9.84 Å². The number of carbonyl (C=O) groups is 1. The van der Waals surface area contributed by atoms with Gasteiger partial charge in [-0.2, -0.15) is 0 Å². The summed E-state index contributed by atoms with van der Waals surface area (Å²) in [5, 5.41) is 12.2. The number of esters is 1. The monoisotopic (exact) mass is 187 g/mol. The standard InChI is InChI=1S/C9H17NO3/c1-13-9(12)3-2-7-4-5-10-8(11)6-7/h7-8,10-11H,2-6H2,1H3. The summed E-state index contributed by atoms with van der Waals surface area (Å²) in [5.41, 5.74) is 0. The summed E-state index contributed by atoms with van der Waals surface area (Å²) in [7, 11) is 1.40. The van der Waals surface area contributed by atoms with Crippen LogP contribution in [0.5, 0.6) is 0 Å². The summed E-state index contributed by atoms with van der Waals surface area (Å²) in [4.78, 5) is 10.8. The number of hydrogen-bond acceptors (Lipinski definition) is 4. The molecule has 4 nitrogen and oxygen atoms in total. The van der Waals surface area contributed by atoms with E-state index in [1.165, 1.54) is 7.11 Å². The van der Waals surface area contributed by atoms with Gasteiger partial charge in [-0.15, -0.1) is 0 Å². The van der Waals surface area contributed by atoms with Crippen LogP contribution in [0.3, 0.4) is 0 Å². The van der Waals surface area contributed by atoms with Gasteiger partial charge >= 0.3 is 5.97 Å². The van der Waals surface area contributed by atoms with E-state index in [0.29, 0.717) is 12.3 Å². The van der Waals surface area contributed by atoms with Gasteiger partial charge in [0.15, 0.2) is 0 Å². The van der Waals surface area contributed by atoms with Crippen LogP contribution >= 0.6 is 0 Å². The van der Waals surface area contributed by atoms with Crippen molar-refractivity contribution in [1.82, 2.24) is 5.32 Å². The number of piperidine rings is 1. The van der Waals surface area contributed by atoms with Crippen LogP contribution < -0.4 is 5.32 Å². The first-order chi connectivity index (χ1) is 6.22. The summed E-state index contributed by atoms with van der Waals surface area (Å²) in [6, 6.07) is 0. The molecule has 0 aromatic carbocycles. The molecule has 1 rings (SSSR count). The molecule has 0 radical (unpaired) electrons. The second-order valence-electron chi connectivity index (χ2n) is 3.48. The molecule has 4 heteroatoms. The molecule has 1 aliphatic rings. The third kappa shape index (κ3) is 3.74. The molecule has 76 valence electrons. The van der Waals surface area contributed by atoms with Crippen molar-refractivity contribution < 1.29 is 14.6 Å². The number of ether oxygens (including phenoxy) is 1. The fourth-order valence-electron chi connectivity index (χ4n) is 1.66. The maximum atomic E-state index is 10.8. The average molecular weight is 187 g/mol. The molecule has 1 heterocycles. The first-order valence-corrected chi connectivity index (χ1v) is 4.70. The number of methoxy groups -OCH3 is 1. The topological polar surface area (TPSA) is 58.6 Å². The van der Waals surface area contributed by atoms with Crippen LogP contribution in [0, 0.1) is 5.92 Å². The van der Waals surface area contributed by atoms with Gasteiger partial charge in [-0.3, -0.25) is 10.1 Å². The Bertz CT molecular complexity index is 172. The zero-order valence-corrected chi connectivity index (χ0v) is 7.95. The largest absolute Gasteiger partial charge is 0.469 e. The molecule has 0 aromatic heterocycles. The van der Waals surface area contributed by atoms with E-state index in [9.17, 15) is 9.90 Å². The lowest BCUT2D eigenvalue weighted by molar-refractivity contribution is -0.141. The number of rotatable bonds is 3. The fraction of sp³-hybridized carbons (Fsp3) is 0.889. The first-order valence-electron chi connectivity index (χ1n) is 4.70. The van der Waals surface area contributed by atoms with Crippen LogP contribution in [0.4, 0.5) is 0 Å². The Kier molecular flexibility index (Phi) is 4.18. The lowest BCUT2D eigenvalue weighted by Crippen LogP contribution is -2.37. The van der Waals surface area contributed by atoms with Crippen LogP contribution in [0.25, 0.3) is 0 Å². The second-order valence-corrected chi connectivity index (χ2v) is 3.48. The van der Waals surface area contributed by atoms with E-state index in [0.717, 1.165) is 25.8 Å². The van der Waals surface area contributed by atoms with Gasteiger partial charge in [0.05, 0.1) is 7.11 Å². The maximum absolute atomic E-state index is 10.8. The van der Waals surface area contributed by atoms with E-state index in [2.05, 4.69) is 10.1 Å². The minimum atomic E-state index is -0.392. The molecule has 1 aliphatic heterocycles. The molecular formula is C9H17NO3. The van der Waals surface area contributed by atoms with Crippen molar-refractivity contribution in [2.75, 3.05) is 13.7 Å². The molecule has 0 bridgehead atoms. The highest BCUT2D eigenvalue weighted by Gasteiger charge is 2.19. The highest BCUT2D eigenvalue weighted by Crippen LogP contribution is 2.20. The van der Waals surface area contributed by atoms with Gasteiger partial charge in [0, 0.05) is 6.42 Å². The van der Waals surface area contributed by atoms with Crippen LogP contribution in [0.15, 0.2) is 0 Å². The van der Waals surface area contributed by atoms with Crippen molar-refractivity contribution >= 4 is 5.97 Å². The SMILES string of the molecule is COC(=O)CCC1CCNC(O)C1. The number of carbonyl (C=O) groups excluding carboxylic acids is 1. The Morgan fingerprint density at radius 2 is 2.46 bits per heavy atom. The quantitative estimate of drug-likeness (QED) is 0.622. The van der Waals surface area contributed by atoms with Crippen molar-refractivity contribution in [1.29, 1.82) is 0 Å². The van der Waals surface area contributed by atoms with Gasteiger partial charge in [-0.25, -0.2) is 0 Å². The molecule has 13 heavy (non-hydrogen) atoms. The van der Waals surface area contributed by atoms with E-state index >= 15 is 0 Å². The van der Waals surface area contributed by atoms with Crippen molar-refractivity contribution in [3.05, 3.63) is 0 Å². The van der Waals surface area contributed by atoms with Crippen LogP contribution in [-0.4, -0.2) is 31.0 Å². The predicted octanol–water partition coefficient (Wildman–Crippen LogP) is 0.258. The van der Waals surface area contributed by atoms with Gasteiger partial charge in [-0.1, -0.05) is 0 Å². The van der Waals surface area contributed by atoms with Crippen molar-refractivity contribution in [2.45, 2.75) is 31.9 Å². The lowest BCUT2D eigenvalue weighted by atomic mass is 9.92. The molecular weight excluding hydrogens is 170 g/mol. The highest BCUT2D eigenvalue weighted by molar-refractivity contribution is 5.69. The molecule has 0 aromatic rings. The molecule has 0 spiro atoms. The van der Waals surface area contributed by atoms with Gasteiger partial charge in [0.25, 0.3) is 0 Å². The van der Waals surface area contributed by atoms with E-state index in [4.69, 9.17) is 0 Å². The summed E-state index contributed by atoms with van der Waals surface area (Å²) < 4.78 is 4.55. The number of aliphatic hydroxyl groups is 1. The summed E-state index contributed by atoms with van der Waals surface area (Å²) in [5.74, 6) is 0.295. The Balaban J connectivity index is 2.17. The number of aliphatic hydroxyl groups excluding tert-OH is 1. The summed E-state index contributed by atoms with van der Waals surface area (Å²) in [6.45, 7) is 0.840. The van der Waals surface area contributed by atoms with Gasteiger partial charge in [0.2, 0.25) is 0 Å². The lowest BCUT2D eigenvalue weighted by Gasteiger charge is -2.26. The maximum Gasteiger partial charge on any atom is 0.305 e. The molecule has 0 saturated carbocycles. The number of nitrogens with one attached hydrogen (secondary N) is 1. The molecule has 0 amide bonds. The third-order valence-electron chi connectivity index (χ3n) is 2.47. The van der Waals surface area contributed by atoms with Crippen LogP contribution in [0.2, 0.25) is 0 Å². The van der Waals surface area contributed by atoms with Gasteiger partial charge in [0.1, 0.15) is 6.23 Å². The first kappa shape index (κ1) is 10.5. The Morgan fingerprint density at radius 3 is 3.08 bits per heavy atom. The smallest absolute Gasteiger partial charge is 0.305 e. The summed E-state index contributed by atoms with van der Waals surface area (Å²) >= 11 is 0. The molecule has 2 N–H and O–H groups in total. The van der Waals surface area contributed by atoms with Crippen LogP contribution in [0.1, 0.15) is 25.7 Å². The van der Waals surface area contributed by atoms with Gasteiger partial charge in [-0.05, 0) is 31.7 Å². The normalized spacial score (nSPS) is 28.5. The van der Waals surface area contributed by atoms with Crippen LogP contribution in [-0.2, 0) is 9.53 Å². The Morgan fingerprint density at radius 1 is 1.69 bits per heavy atom. The third-order valence-corrected chi connectivity index (χ3v) is 2.47. The minimum Gasteiger partial charge on any atom is -0.469 e. The van der Waals surface area contributed by atoms with E-state index in [1.807, 2.05) is 0 Å². The zero-order chi connectivity index (χ0) is 9.68. The summed E-state index contributed by atoms with van der Waals surface area (Å²) in [6.07, 6.45) is 2.68. The minimum absolute atomic E-state index is 0.159. The van der Waals surface area contributed by atoms with Crippen molar-refractivity contribution in [2.24, 2.45) is 5.92 Å². The zero-order valence-electron chi connectivity index (χ0n) is 7.95. The van der Waals surface area contributed by atoms with Crippen molar-refractivity contribution in [3.63, 3.8) is 0 Å². The Hall–Kier alpha value is -0.610. The van der Waals surface area contributed by atoms with Crippen molar-refractivity contribution in [3.8, 4) is 0 Å². The van der Waals surface area contributed by atoms with E-state index in [-0.39, 0.29) is 5.97 Å². The Labute approximate surface area is 78.3 Å². The fourth-order valence-corrected chi connectivity index (χ4v) is 1.66. The molecule has 2 unspecified atom stereocenters. The van der Waals surface area contributed by atoms with E-state index in [1.54, 1.807) is 0 Å². The average Bonchev–Trinajstić information content (AvgIpc) is 2.14. The molecule has 0 aliphatic carbocycles. The predicted molar refractivity (Wildman–Crippen MR) is 48.0 cm³/mol. The second kappa shape index (κ2) is 5.19. The molecule has 2 atom stereocenters. The number of hydrogen-bond donors (Lipinski definition) is 2. The van der Waals surface area contributed by atoms with E-state index < -0.39 is 6.23 Å². The molecule has 1 saturated heterocycles. The highest BCUT2D eigenvalue weighted by atomic mass is 16.5. The molecule has 1 fully saturated rings.